The lowest BCUT2D eigenvalue weighted by Crippen LogP contribution is -1.94. The number of benzene rings is 1. The normalized spacial score (nSPS) is 9.71. The molecule has 0 aliphatic heterocycles. The van der Waals surface area contributed by atoms with Crippen LogP contribution in [0.15, 0.2) is 30.6 Å². The zero-order chi connectivity index (χ0) is 12.3. The molecule has 0 bridgehead atoms. The molecule has 0 fully saturated rings. The summed E-state index contributed by atoms with van der Waals surface area (Å²) in [6.45, 7) is 1.93. The molecular weight excluding hydrogens is 238 g/mol. The molecule has 1 aromatic heterocycles. The zero-order valence-electron chi connectivity index (χ0n) is 9.01. The van der Waals surface area contributed by atoms with Crippen molar-refractivity contribution in [3.63, 3.8) is 0 Å². The molecule has 0 atom stereocenters. The van der Waals surface area contributed by atoms with Gasteiger partial charge in [-0.25, -0.2) is 9.97 Å². The van der Waals surface area contributed by atoms with E-state index in [0.717, 1.165) is 5.56 Å². The molecule has 2 aromatic rings. The van der Waals surface area contributed by atoms with E-state index in [1.807, 2.05) is 19.1 Å². The van der Waals surface area contributed by atoms with Crippen molar-refractivity contribution in [3.8, 4) is 17.7 Å². The first kappa shape index (κ1) is 11.4. The van der Waals surface area contributed by atoms with Gasteiger partial charge in [0.2, 0.25) is 5.69 Å². The predicted molar refractivity (Wildman–Crippen MR) is 63.0 cm³/mol. The highest BCUT2D eigenvalue weighted by Gasteiger charge is 2.09. The van der Waals surface area contributed by atoms with Gasteiger partial charge in [0, 0.05) is 12.4 Å². The van der Waals surface area contributed by atoms with E-state index >= 15 is 0 Å². The molecule has 84 valence electrons. The van der Waals surface area contributed by atoms with Crippen LogP contribution >= 0.6 is 11.6 Å². The topological polar surface area (TPSA) is 58.8 Å². The van der Waals surface area contributed by atoms with E-state index in [4.69, 9.17) is 21.6 Å². The standard InChI is InChI=1S/C12H8ClN3O/c1-8-2-3-11(9(13)6-8)17-12-10(7-14)15-4-5-16-12/h2-6H,1H3. The molecule has 0 radical (unpaired) electrons. The summed E-state index contributed by atoms with van der Waals surface area (Å²) in [6.07, 6.45) is 2.89. The van der Waals surface area contributed by atoms with Gasteiger partial charge in [-0.2, -0.15) is 5.26 Å². The molecule has 0 saturated carbocycles. The summed E-state index contributed by atoms with van der Waals surface area (Å²) >= 11 is 6.02. The van der Waals surface area contributed by atoms with Crippen LogP contribution in [0.25, 0.3) is 0 Å². The minimum absolute atomic E-state index is 0.129. The van der Waals surface area contributed by atoms with E-state index in [2.05, 4.69) is 9.97 Å². The lowest BCUT2D eigenvalue weighted by molar-refractivity contribution is 0.458. The van der Waals surface area contributed by atoms with E-state index in [-0.39, 0.29) is 11.6 Å². The van der Waals surface area contributed by atoms with Gasteiger partial charge in [-0.3, -0.25) is 0 Å². The van der Waals surface area contributed by atoms with Crippen molar-refractivity contribution >= 4 is 11.6 Å². The second-order valence-electron chi connectivity index (χ2n) is 3.36. The van der Waals surface area contributed by atoms with Crippen molar-refractivity contribution in [2.45, 2.75) is 6.92 Å². The Morgan fingerprint density at radius 2 is 2.06 bits per heavy atom. The van der Waals surface area contributed by atoms with E-state index in [0.29, 0.717) is 10.8 Å². The first-order valence-corrected chi connectivity index (χ1v) is 5.23. The maximum absolute atomic E-state index is 8.84. The van der Waals surface area contributed by atoms with Crippen molar-refractivity contribution in [2.24, 2.45) is 0 Å². The van der Waals surface area contributed by atoms with Gasteiger partial charge in [-0.1, -0.05) is 17.7 Å². The van der Waals surface area contributed by atoms with Gasteiger partial charge in [-0.05, 0) is 24.6 Å². The predicted octanol–water partition coefficient (Wildman–Crippen LogP) is 3.10. The molecule has 0 aliphatic carbocycles. The Morgan fingerprint density at radius 3 is 2.76 bits per heavy atom. The van der Waals surface area contributed by atoms with Gasteiger partial charge >= 0.3 is 0 Å². The maximum atomic E-state index is 8.84. The molecule has 2 rings (SSSR count). The number of aromatic nitrogens is 2. The molecule has 4 nitrogen and oxygen atoms in total. The fourth-order valence-electron chi connectivity index (χ4n) is 1.27. The van der Waals surface area contributed by atoms with Crippen LogP contribution in [-0.2, 0) is 0 Å². The minimum Gasteiger partial charge on any atom is -0.435 e. The third-order valence-corrected chi connectivity index (χ3v) is 2.36. The summed E-state index contributed by atoms with van der Waals surface area (Å²) < 4.78 is 5.46. The number of aryl methyl sites for hydroxylation is 1. The number of hydrogen-bond donors (Lipinski definition) is 0. The van der Waals surface area contributed by atoms with Crippen LogP contribution < -0.4 is 4.74 Å². The van der Waals surface area contributed by atoms with E-state index < -0.39 is 0 Å². The van der Waals surface area contributed by atoms with Crippen molar-refractivity contribution in [1.29, 1.82) is 5.26 Å². The summed E-state index contributed by atoms with van der Waals surface area (Å²) in [5, 5.41) is 9.32. The van der Waals surface area contributed by atoms with Gasteiger partial charge in [0.05, 0.1) is 5.02 Å². The molecule has 0 amide bonds. The number of hydrogen-bond acceptors (Lipinski definition) is 4. The van der Waals surface area contributed by atoms with Crippen LogP contribution in [0.1, 0.15) is 11.3 Å². The highest BCUT2D eigenvalue weighted by atomic mass is 35.5. The van der Waals surface area contributed by atoms with Crippen molar-refractivity contribution in [3.05, 3.63) is 46.9 Å². The average Bonchev–Trinajstić information content (AvgIpc) is 2.33. The average molecular weight is 246 g/mol. The number of nitriles is 1. The Bertz CT molecular complexity index is 593. The second-order valence-corrected chi connectivity index (χ2v) is 3.77. The molecule has 17 heavy (non-hydrogen) atoms. The molecule has 0 saturated heterocycles. The van der Waals surface area contributed by atoms with E-state index in [1.54, 1.807) is 12.1 Å². The summed E-state index contributed by atoms with van der Waals surface area (Å²) in [5.41, 5.74) is 1.16. The summed E-state index contributed by atoms with van der Waals surface area (Å²) in [6, 6.07) is 7.28. The largest absolute Gasteiger partial charge is 0.435 e. The molecule has 1 heterocycles. The summed E-state index contributed by atoms with van der Waals surface area (Å²) in [4.78, 5) is 7.79. The lowest BCUT2D eigenvalue weighted by Gasteiger charge is -2.07. The summed E-state index contributed by atoms with van der Waals surface area (Å²) in [7, 11) is 0. The first-order chi connectivity index (χ1) is 8.20. The SMILES string of the molecule is Cc1ccc(Oc2nccnc2C#N)c(Cl)c1. The highest BCUT2D eigenvalue weighted by Crippen LogP contribution is 2.29. The molecule has 5 heteroatoms. The first-order valence-electron chi connectivity index (χ1n) is 4.86. The molecular formula is C12H8ClN3O. The molecule has 0 aliphatic rings. The Morgan fingerprint density at radius 1 is 1.29 bits per heavy atom. The van der Waals surface area contributed by atoms with Crippen LogP contribution in [0, 0.1) is 18.3 Å². The molecule has 1 aromatic carbocycles. The quantitative estimate of drug-likeness (QED) is 0.816. The Hall–Kier alpha value is -2.12. The lowest BCUT2D eigenvalue weighted by atomic mass is 10.2. The molecule has 0 N–H and O–H groups in total. The van der Waals surface area contributed by atoms with E-state index in [9.17, 15) is 0 Å². The van der Waals surface area contributed by atoms with Gasteiger partial charge in [0.15, 0.2) is 0 Å². The number of rotatable bonds is 2. The van der Waals surface area contributed by atoms with Crippen molar-refractivity contribution in [1.82, 2.24) is 9.97 Å². The Kier molecular flexibility index (Phi) is 3.22. The maximum Gasteiger partial charge on any atom is 0.256 e. The van der Waals surface area contributed by atoms with Crippen LogP contribution in [0.3, 0.4) is 0 Å². The van der Waals surface area contributed by atoms with Gasteiger partial charge in [0.25, 0.3) is 5.88 Å². The van der Waals surface area contributed by atoms with Crippen molar-refractivity contribution < 1.29 is 4.74 Å². The Labute approximate surface area is 103 Å². The highest BCUT2D eigenvalue weighted by molar-refractivity contribution is 6.32. The van der Waals surface area contributed by atoms with Crippen LogP contribution in [0.4, 0.5) is 0 Å². The van der Waals surface area contributed by atoms with Crippen molar-refractivity contribution in [2.75, 3.05) is 0 Å². The molecule has 0 unspecified atom stereocenters. The number of halogens is 1. The van der Waals surface area contributed by atoms with Crippen LogP contribution in [0.5, 0.6) is 11.6 Å². The Balaban J connectivity index is 2.35. The number of ether oxygens (including phenoxy) is 1. The summed E-state index contributed by atoms with van der Waals surface area (Å²) in [5.74, 6) is 0.606. The van der Waals surface area contributed by atoms with Gasteiger partial charge < -0.3 is 4.74 Å². The number of nitrogens with zero attached hydrogens (tertiary/aromatic N) is 3. The van der Waals surface area contributed by atoms with E-state index in [1.165, 1.54) is 12.4 Å². The smallest absolute Gasteiger partial charge is 0.256 e. The van der Waals surface area contributed by atoms with Crippen LogP contribution in [0.2, 0.25) is 5.02 Å². The zero-order valence-corrected chi connectivity index (χ0v) is 9.77. The fourth-order valence-corrected chi connectivity index (χ4v) is 1.54. The molecule has 0 spiro atoms. The third-order valence-electron chi connectivity index (χ3n) is 2.06. The minimum atomic E-state index is 0.129. The monoisotopic (exact) mass is 245 g/mol. The van der Waals surface area contributed by atoms with Gasteiger partial charge in [0.1, 0.15) is 11.8 Å². The fraction of sp³-hybridized carbons (Fsp3) is 0.0833. The third kappa shape index (κ3) is 2.52. The second kappa shape index (κ2) is 4.81. The van der Waals surface area contributed by atoms with Crippen LogP contribution in [-0.4, -0.2) is 9.97 Å². The van der Waals surface area contributed by atoms with Gasteiger partial charge in [-0.15, -0.1) is 0 Å².